The minimum Gasteiger partial charge on any atom is -0.347 e. The molecule has 0 saturated heterocycles. The summed E-state index contributed by atoms with van der Waals surface area (Å²) in [5.74, 6) is 1.93. The first-order valence-corrected chi connectivity index (χ1v) is 10.4. The summed E-state index contributed by atoms with van der Waals surface area (Å²) in [6.45, 7) is 3.31. The fraction of sp³-hybridized carbons (Fsp3) is 0.812. The topological polar surface area (TPSA) is 28.2 Å². The first-order chi connectivity index (χ1) is 10.2. The zero-order valence-electron chi connectivity index (χ0n) is 13.4. The highest BCUT2D eigenvalue weighted by Crippen LogP contribution is 2.44. The van der Waals surface area contributed by atoms with Gasteiger partial charge in [0, 0.05) is 42.2 Å². The average Bonchev–Trinajstić information content (AvgIpc) is 3.41. The fourth-order valence-corrected chi connectivity index (χ4v) is 4.65. The van der Waals surface area contributed by atoms with Crippen LogP contribution >= 0.6 is 23.1 Å². The Morgan fingerprint density at radius 2 is 2.14 bits per heavy atom. The number of thiazole rings is 1. The van der Waals surface area contributed by atoms with Crippen molar-refractivity contribution in [3.05, 3.63) is 10.6 Å². The molecule has 3 nitrogen and oxygen atoms in total. The Balaban J connectivity index is 1.72. The molecule has 0 aliphatic heterocycles. The number of hydrogen-bond acceptors (Lipinski definition) is 5. The van der Waals surface area contributed by atoms with Gasteiger partial charge in [-0.1, -0.05) is 6.92 Å². The van der Waals surface area contributed by atoms with Gasteiger partial charge in [-0.15, -0.1) is 11.3 Å². The molecule has 2 fully saturated rings. The molecule has 0 amide bonds. The van der Waals surface area contributed by atoms with Gasteiger partial charge in [0.15, 0.2) is 5.13 Å². The molecule has 2 aliphatic rings. The van der Waals surface area contributed by atoms with E-state index in [1.807, 2.05) is 23.1 Å². The van der Waals surface area contributed by atoms with Crippen molar-refractivity contribution >= 4 is 28.2 Å². The van der Waals surface area contributed by atoms with Crippen molar-refractivity contribution in [2.75, 3.05) is 24.0 Å². The Morgan fingerprint density at radius 3 is 2.71 bits per heavy atom. The SMILES string of the molecule is CCC(CSC)N(C)c1nc(C2CC2)c(CNC2CC2)s1. The third-order valence-corrected chi connectivity index (χ3v) is 6.37. The van der Waals surface area contributed by atoms with Crippen molar-refractivity contribution in [3.8, 4) is 0 Å². The van der Waals surface area contributed by atoms with Crippen molar-refractivity contribution < 1.29 is 0 Å². The molecule has 118 valence electrons. The quantitative estimate of drug-likeness (QED) is 0.746. The number of nitrogens with zero attached hydrogens (tertiary/aromatic N) is 2. The van der Waals surface area contributed by atoms with E-state index in [0.717, 1.165) is 18.5 Å². The van der Waals surface area contributed by atoms with Crippen LogP contribution in [-0.4, -0.2) is 36.1 Å². The van der Waals surface area contributed by atoms with Gasteiger partial charge in [-0.25, -0.2) is 4.98 Å². The number of hydrogen-bond donors (Lipinski definition) is 1. The molecule has 0 radical (unpaired) electrons. The monoisotopic (exact) mass is 325 g/mol. The summed E-state index contributed by atoms with van der Waals surface area (Å²) in [6.07, 6.45) is 8.77. The van der Waals surface area contributed by atoms with Crippen LogP contribution < -0.4 is 10.2 Å². The molecule has 0 bridgehead atoms. The Bertz CT molecular complexity index is 466. The number of nitrogens with one attached hydrogen (secondary N) is 1. The predicted octanol–water partition coefficient (Wildman–Crippen LogP) is 3.85. The van der Waals surface area contributed by atoms with Crippen molar-refractivity contribution in [3.63, 3.8) is 0 Å². The lowest BCUT2D eigenvalue weighted by atomic mass is 10.2. The minimum atomic E-state index is 0.599. The van der Waals surface area contributed by atoms with Crippen LogP contribution in [0, 0.1) is 0 Å². The fourth-order valence-electron chi connectivity index (χ4n) is 2.68. The highest BCUT2D eigenvalue weighted by atomic mass is 32.2. The molecule has 0 aromatic carbocycles. The van der Waals surface area contributed by atoms with E-state index in [1.165, 1.54) is 53.6 Å². The van der Waals surface area contributed by atoms with Crippen LogP contribution in [0.25, 0.3) is 0 Å². The normalized spacial score (nSPS) is 19.8. The van der Waals surface area contributed by atoms with E-state index >= 15 is 0 Å². The van der Waals surface area contributed by atoms with Crippen LogP contribution in [0.1, 0.15) is 55.5 Å². The minimum absolute atomic E-state index is 0.599. The Hall–Kier alpha value is -0.260. The highest BCUT2D eigenvalue weighted by molar-refractivity contribution is 7.98. The third-order valence-electron chi connectivity index (χ3n) is 4.49. The number of aromatic nitrogens is 1. The summed E-state index contributed by atoms with van der Waals surface area (Å²) >= 11 is 3.85. The smallest absolute Gasteiger partial charge is 0.185 e. The Kier molecular flexibility index (Phi) is 5.12. The maximum atomic E-state index is 5.02. The Morgan fingerprint density at radius 1 is 1.38 bits per heavy atom. The highest BCUT2D eigenvalue weighted by Gasteiger charge is 2.31. The molecule has 1 heterocycles. The van der Waals surface area contributed by atoms with Gasteiger partial charge < -0.3 is 10.2 Å². The molecule has 0 spiro atoms. The number of thioether (sulfide) groups is 1. The van der Waals surface area contributed by atoms with Crippen LogP contribution in [0.3, 0.4) is 0 Å². The third kappa shape index (κ3) is 3.93. The molecule has 1 N–H and O–H groups in total. The van der Waals surface area contributed by atoms with Crippen molar-refractivity contribution in [2.24, 2.45) is 0 Å². The molecule has 21 heavy (non-hydrogen) atoms. The van der Waals surface area contributed by atoms with Gasteiger partial charge in [-0.05, 0) is 38.4 Å². The summed E-state index contributed by atoms with van der Waals surface area (Å²) in [7, 11) is 2.22. The van der Waals surface area contributed by atoms with Crippen LogP contribution in [0.2, 0.25) is 0 Å². The second kappa shape index (κ2) is 6.88. The van der Waals surface area contributed by atoms with Gasteiger partial charge in [-0.2, -0.15) is 11.8 Å². The first kappa shape index (κ1) is 15.6. The predicted molar refractivity (Wildman–Crippen MR) is 94.8 cm³/mol. The van der Waals surface area contributed by atoms with Crippen LogP contribution in [0.15, 0.2) is 0 Å². The molecule has 2 saturated carbocycles. The van der Waals surface area contributed by atoms with Gasteiger partial charge in [0.1, 0.15) is 0 Å². The molecular weight excluding hydrogens is 298 g/mol. The molecule has 1 aromatic rings. The van der Waals surface area contributed by atoms with E-state index in [4.69, 9.17) is 4.98 Å². The van der Waals surface area contributed by atoms with Gasteiger partial charge in [0.05, 0.1) is 5.69 Å². The Labute approximate surface area is 136 Å². The lowest BCUT2D eigenvalue weighted by molar-refractivity contribution is 0.669. The second-order valence-electron chi connectivity index (χ2n) is 6.36. The molecule has 1 atom stereocenters. The lowest BCUT2D eigenvalue weighted by Crippen LogP contribution is -2.33. The molecule has 5 heteroatoms. The van der Waals surface area contributed by atoms with Gasteiger partial charge in [0.25, 0.3) is 0 Å². The van der Waals surface area contributed by atoms with Crippen LogP contribution in [0.5, 0.6) is 0 Å². The summed E-state index contributed by atoms with van der Waals surface area (Å²) in [6, 6.07) is 1.38. The van der Waals surface area contributed by atoms with Crippen LogP contribution in [-0.2, 0) is 6.54 Å². The zero-order valence-corrected chi connectivity index (χ0v) is 15.0. The van der Waals surface area contributed by atoms with E-state index in [0.29, 0.717) is 6.04 Å². The summed E-state index contributed by atoms with van der Waals surface area (Å²) in [5.41, 5.74) is 1.40. The summed E-state index contributed by atoms with van der Waals surface area (Å²) in [5, 5.41) is 4.89. The van der Waals surface area contributed by atoms with Gasteiger partial charge >= 0.3 is 0 Å². The largest absolute Gasteiger partial charge is 0.347 e. The van der Waals surface area contributed by atoms with E-state index in [2.05, 4.69) is 30.4 Å². The second-order valence-corrected chi connectivity index (χ2v) is 8.34. The zero-order chi connectivity index (χ0) is 14.8. The van der Waals surface area contributed by atoms with E-state index in [9.17, 15) is 0 Å². The number of rotatable bonds is 9. The van der Waals surface area contributed by atoms with Crippen LogP contribution in [0.4, 0.5) is 5.13 Å². The van der Waals surface area contributed by atoms with E-state index in [-0.39, 0.29) is 0 Å². The van der Waals surface area contributed by atoms with E-state index < -0.39 is 0 Å². The molecule has 2 aliphatic carbocycles. The van der Waals surface area contributed by atoms with Crippen molar-refractivity contribution in [1.29, 1.82) is 0 Å². The van der Waals surface area contributed by atoms with Gasteiger partial charge in [-0.3, -0.25) is 0 Å². The molecular formula is C16H27N3S2. The maximum absolute atomic E-state index is 5.02. The van der Waals surface area contributed by atoms with E-state index in [1.54, 1.807) is 0 Å². The molecule has 3 rings (SSSR count). The molecule has 1 unspecified atom stereocenters. The van der Waals surface area contributed by atoms with Crippen molar-refractivity contribution in [1.82, 2.24) is 10.3 Å². The lowest BCUT2D eigenvalue weighted by Gasteiger charge is -2.26. The number of anilines is 1. The average molecular weight is 326 g/mol. The standard InChI is InChI=1S/C16H27N3S2/c1-4-13(10-20-3)19(2)16-18-15(11-5-6-11)14(21-16)9-17-12-7-8-12/h11-13,17H,4-10H2,1-3H3. The first-order valence-electron chi connectivity index (χ1n) is 8.17. The summed E-state index contributed by atoms with van der Waals surface area (Å²) < 4.78 is 0. The summed E-state index contributed by atoms with van der Waals surface area (Å²) in [4.78, 5) is 8.92. The van der Waals surface area contributed by atoms with Gasteiger partial charge in [0.2, 0.25) is 0 Å². The molecule has 1 aromatic heterocycles. The van der Waals surface area contributed by atoms with Crippen molar-refractivity contribution in [2.45, 2.75) is 63.6 Å². The maximum Gasteiger partial charge on any atom is 0.185 e.